The van der Waals surface area contributed by atoms with Crippen molar-refractivity contribution in [3.63, 3.8) is 0 Å². The zero-order valence-corrected chi connectivity index (χ0v) is 57.9. The SMILES string of the molecule is CC(C)(C)OC(=O)NC(=NCC1CCC(CN)CC1)NC(=O)OC(C)(C)C.Cc1cc2c(cc1C=O)C(C)(C)CCC2(C)C.Cc1cc2c(cc1CNCC1CCC(CN=C(NC(=O)OC(C)(C)C)NC(=O)OC(C)(C)C)CC1)C(C)(C)CCC2(C)C. The molecule has 2 saturated carbocycles. The van der Waals surface area contributed by atoms with E-state index in [1.165, 1.54) is 59.1 Å². The average molecular weight is 1210 g/mol. The third-order valence-electron chi connectivity index (χ3n) is 17.2. The van der Waals surface area contributed by atoms with Gasteiger partial charge in [-0.05, 0) is 277 Å². The van der Waals surface area contributed by atoms with Crippen LogP contribution in [-0.2, 0) is 47.2 Å². The average Bonchev–Trinajstić information content (AvgIpc) is 0.806. The molecule has 4 aliphatic carbocycles. The smallest absolute Gasteiger partial charge is 0.414 e. The number of rotatable bonds is 10. The summed E-state index contributed by atoms with van der Waals surface area (Å²) in [4.78, 5) is 68.9. The quantitative estimate of drug-likeness (QED) is 0.0567. The molecule has 2 aromatic carbocycles. The lowest BCUT2D eigenvalue weighted by atomic mass is 9.62. The molecular formula is C70H116N8O9. The van der Waals surface area contributed by atoms with Crippen LogP contribution in [0.4, 0.5) is 19.2 Å². The molecule has 490 valence electrons. The fraction of sp³-hybridized carbons (Fsp3) is 0.729. The molecule has 0 bridgehead atoms. The van der Waals surface area contributed by atoms with E-state index in [0.717, 1.165) is 88.4 Å². The van der Waals surface area contributed by atoms with Crippen LogP contribution in [0.1, 0.15) is 265 Å². The van der Waals surface area contributed by atoms with Crippen LogP contribution in [0.2, 0.25) is 0 Å². The Balaban J connectivity index is 0.000000311. The van der Waals surface area contributed by atoms with Crippen molar-refractivity contribution in [2.45, 2.75) is 280 Å². The van der Waals surface area contributed by atoms with Crippen LogP contribution < -0.4 is 32.3 Å². The van der Waals surface area contributed by atoms with Crippen molar-refractivity contribution in [3.05, 3.63) is 68.8 Å². The first kappa shape index (κ1) is 73.9. The molecule has 0 spiro atoms. The monoisotopic (exact) mass is 1210 g/mol. The highest BCUT2D eigenvalue weighted by atomic mass is 16.6. The molecule has 2 aromatic rings. The molecule has 2 fully saturated rings. The number of aliphatic imine (C=N–C) groups is 2. The van der Waals surface area contributed by atoms with Crippen LogP contribution in [0, 0.1) is 37.5 Å². The number of carbonyl (C=O) groups is 5. The topological polar surface area (TPSA) is 233 Å². The lowest BCUT2D eigenvalue weighted by molar-refractivity contribution is 0.0521. The molecule has 4 amide bonds. The number of hydrogen-bond acceptors (Lipinski definition) is 13. The van der Waals surface area contributed by atoms with Crippen LogP contribution in [0.3, 0.4) is 0 Å². The van der Waals surface area contributed by atoms with E-state index in [-0.39, 0.29) is 33.6 Å². The van der Waals surface area contributed by atoms with E-state index >= 15 is 0 Å². The Bertz CT molecular complexity index is 2650. The van der Waals surface area contributed by atoms with E-state index in [9.17, 15) is 24.0 Å². The minimum atomic E-state index is -0.677. The van der Waals surface area contributed by atoms with Gasteiger partial charge in [-0.25, -0.2) is 19.2 Å². The predicted molar refractivity (Wildman–Crippen MR) is 352 cm³/mol. The molecule has 0 unspecified atom stereocenters. The summed E-state index contributed by atoms with van der Waals surface area (Å²) >= 11 is 0. The standard InChI is InChI=1S/C35H58N4O4.C19H36N4O4.C16H22O/c1-23-18-27-28(35(10,11)17-16-34(27,8)9)19-26(23)22-36-20-24-12-14-25(15-13-24)21-37-29(38-30(40)42-32(2,3)4)39-31(41)43-33(5,6)7;1-18(2,3)26-16(24)22-15(23-17(25)27-19(4,5)6)21-12-14-9-7-13(11-20)8-10-14;1-11-8-13-14(9-12(11)10-17)16(4,5)7-6-15(13,2)3/h18-19,24-25,36H,12-17,20-22H2,1-11H3,(H2,37,38,39,40,41);13-14H,7-12,20H2,1-6H3,(H2,21,22,23,24,25);8-10H,6-7H2,1-5H3. The maximum Gasteiger partial charge on any atom is 0.414 e. The van der Waals surface area contributed by atoms with Gasteiger partial charge in [0.2, 0.25) is 11.9 Å². The Morgan fingerprint density at radius 3 is 1.10 bits per heavy atom. The zero-order chi connectivity index (χ0) is 65.7. The summed E-state index contributed by atoms with van der Waals surface area (Å²) in [6.45, 7) is 48.0. The lowest BCUT2D eigenvalue weighted by Crippen LogP contribution is -2.47. The molecule has 0 atom stereocenters. The highest BCUT2D eigenvalue weighted by molar-refractivity contribution is 6.02. The zero-order valence-electron chi connectivity index (χ0n) is 57.9. The number of guanidine groups is 2. The minimum Gasteiger partial charge on any atom is -0.444 e. The maximum absolute atomic E-state index is 12.4. The molecule has 87 heavy (non-hydrogen) atoms. The first-order valence-corrected chi connectivity index (χ1v) is 32.1. The maximum atomic E-state index is 12.4. The van der Waals surface area contributed by atoms with E-state index in [0.29, 0.717) is 36.8 Å². The highest BCUT2D eigenvalue weighted by Crippen LogP contribution is 2.48. The molecule has 0 saturated heterocycles. The number of fused-ring (bicyclic) bond motifs is 2. The Hall–Kier alpha value is -5.55. The number of aldehydes is 1. The van der Waals surface area contributed by atoms with E-state index in [2.05, 4.69) is 123 Å². The molecule has 17 heteroatoms. The van der Waals surface area contributed by atoms with Crippen molar-refractivity contribution >= 4 is 42.6 Å². The van der Waals surface area contributed by atoms with Gasteiger partial charge in [0.15, 0.2) is 0 Å². The van der Waals surface area contributed by atoms with Crippen LogP contribution in [-0.4, -0.2) is 91.2 Å². The minimum absolute atomic E-state index is 0.0412. The number of hydrogen-bond donors (Lipinski definition) is 6. The Labute approximate surface area is 524 Å². The normalized spacial score (nSPS) is 20.9. The van der Waals surface area contributed by atoms with Crippen molar-refractivity contribution in [3.8, 4) is 0 Å². The summed E-state index contributed by atoms with van der Waals surface area (Å²) in [7, 11) is 0. The van der Waals surface area contributed by atoms with Gasteiger partial charge in [0.25, 0.3) is 0 Å². The van der Waals surface area contributed by atoms with E-state index in [1.807, 2.05) is 6.92 Å². The number of aryl methyl sites for hydroxylation is 2. The number of carbonyl (C=O) groups excluding carboxylic acids is 5. The van der Waals surface area contributed by atoms with Crippen molar-refractivity contribution < 1.29 is 42.9 Å². The predicted octanol–water partition coefficient (Wildman–Crippen LogP) is 15.0. The number of alkyl carbamates (subject to hydrolysis) is 4. The molecular weight excluding hydrogens is 1100 g/mol. The van der Waals surface area contributed by atoms with Gasteiger partial charge in [0.1, 0.15) is 28.7 Å². The van der Waals surface area contributed by atoms with Gasteiger partial charge in [-0.15, -0.1) is 0 Å². The fourth-order valence-electron chi connectivity index (χ4n) is 11.8. The molecule has 17 nitrogen and oxygen atoms in total. The van der Waals surface area contributed by atoms with Gasteiger partial charge in [-0.3, -0.25) is 36.0 Å². The molecule has 7 N–H and O–H groups in total. The molecule has 4 aliphatic rings. The first-order valence-electron chi connectivity index (χ1n) is 32.1. The fourth-order valence-corrected chi connectivity index (χ4v) is 11.8. The van der Waals surface area contributed by atoms with E-state index in [4.69, 9.17) is 24.7 Å². The Morgan fingerprint density at radius 1 is 0.483 bits per heavy atom. The van der Waals surface area contributed by atoms with Crippen molar-refractivity contribution in [2.24, 2.45) is 39.4 Å². The van der Waals surface area contributed by atoms with Gasteiger partial charge in [-0.2, -0.15) is 0 Å². The molecule has 0 heterocycles. The van der Waals surface area contributed by atoms with Gasteiger partial charge >= 0.3 is 24.4 Å². The van der Waals surface area contributed by atoms with Crippen LogP contribution in [0.15, 0.2) is 34.3 Å². The molecule has 0 radical (unpaired) electrons. The van der Waals surface area contributed by atoms with Crippen LogP contribution in [0.25, 0.3) is 0 Å². The molecule has 0 aromatic heterocycles. The summed E-state index contributed by atoms with van der Waals surface area (Å²) in [5.41, 5.74) is 14.6. The van der Waals surface area contributed by atoms with Crippen molar-refractivity contribution in [1.82, 2.24) is 26.6 Å². The number of amides is 4. The third-order valence-corrected chi connectivity index (χ3v) is 17.2. The highest BCUT2D eigenvalue weighted by Gasteiger charge is 2.39. The number of nitrogens with one attached hydrogen (secondary N) is 5. The largest absolute Gasteiger partial charge is 0.444 e. The van der Waals surface area contributed by atoms with E-state index < -0.39 is 46.8 Å². The number of benzene rings is 2. The third kappa shape index (κ3) is 25.1. The van der Waals surface area contributed by atoms with Gasteiger partial charge in [0.05, 0.1) is 0 Å². The number of ether oxygens (including phenoxy) is 4. The molecule has 6 rings (SSSR count). The van der Waals surface area contributed by atoms with Crippen LogP contribution >= 0.6 is 0 Å². The summed E-state index contributed by atoms with van der Waals surface area (Å²) in [6.07, 6.45) is 11.8. The Kier molecular flexibility index (Phi) is 25.7. The van der Waals surface area contributed by atoms with E-state index in [1.54, 1.807) is 83.1 Å². The van der Waals surface area contributed by atoms with Crippen molar-refractivity contribution in [2.75, 3.05) is 26.2 Å². The van der Waals surface area contributed by atoms with Crippen LogP contribution in [0.5, 0.6) is 0 Å². The van der Waals surface area contributed by atoms with Crippen molar-refractivity contribution in [1.29, 1.82) is 0 Å². The second kappa shape index (κ2) is 30.3. The number of nitrogens with two attached hydrogens (primary N) is 1. The Morgan fingerprint density at radius 2 is 0.782 bits per heavy atom. The second-order valence-electron chi connectivity index (χ2n) is 31.8. The number of nitrogens with zero attached hydrogens (tertiary/aromatic N) is 2. The van der Waals surface area contributed by atoms with Gasteiger partial charge < -0.3 is 30.0 Å². The molecule has 0 aliphatic heterocycles. The summed E-state index contributed by atoms with van der Waals surface area (Å²) < 4.78 is 21.2. The van der Waals surface area contributed by atoms with Gasteiger partial charge in [-0.1, -0.05) is 73.6 Å². The second-order valence-corrected chi connectivity index (χ2v) is 31.8. The summed E-state index contributed by atoms with van der Waals surface area (Å²) in [5, 5.41) is 13.9. The summed E-state index contributed by atoms with van der Waals surface area (Å²) in [5.74, 6) is 2.11. The van der Waals surface area contributed by atoms with Gasteiger partial charge in [0, 0.05) is 25.2 Å². The lowest BCUT2D eigenvalue weighted by Gasteiger charge is -2.42. The summed E-state index contributed by atoms with van der Waals surface area (Å²) in [6, 6.07) is 9.25. The first-order chi connectivity index (χ1) is 39.9.